The number of thioether (sulfide) groups is 1. The molecule has 1 aromatic rings. The Balaban J connectivity index is 1.74. The van der Waals surface area contributed by atoms with Gasteiger partial charge in [0.15, 0.2) is 0 Å². The highest BCUT2D eigenvalue weighted by atomic mass is 32.2. The standard InChI is InChI=1S/C15H23NS/c1-12-3-5-13(6-4-12)11-16-14-7-9-15(17-2)10-8-14/h3-6,14-16H,7-11H2,1-2H3. The quantitative estimate of drug-likeness (QED) is 0.872. The van der Waals surface area contributed by atoms with E-state index in [0.717, 1.165) is 17.8 Å². The first-order chi connectivity index (χ1) is 8.28. The van der Waals surface area contributed by atoms with Gasteiger partial charge in [-0.25, -0.2) is 0 Å². The molecule has 0 amide bonds. The summed E-state index contributed by atoms with van der Waals surface area (Å²) >= 11 is 2.04. The minimum Gasteiger partial charge on any atom is -0.310 e. The maximum Gasteiger partial charge on any atom is 0.0208 e. The lowest BCUT2D eigenvalue weighted by Crippen LogP contribution is -2.33. The molecule has 0 saturated heterocycles. The Kier molecular flexibility index (Phi) is 4.93. The summed E-state index contributed by atoms with van der Waals surface area (Å²) in [5.74, 6) is 0. The van der Waals surface area contributed by atoms with Gasteiger partial charge in [0.05, 0.1) is 0 Å². The molecule has 1 N–H and O–H groups in total. The summed E-state index contributed by atoms with van der Waals surface area (Å²) in [6, 6.07) is 9.59. The summed E-state index contributed by atoms with van der Waals surface area (Å²) in [5.41, 5.74) is 2.75. The van der Waals surface area contributed by atoms with Gasteiger partial charge in [0.1, 0.15) is 0 Å². The maximum atomic E-state index is 3.69. The Hall–Kier alpha value is -0.470. The lowest BCUT2D eigenvalue weighted by atomic mass is 9.95. The largest absolute Gasteiger partial charge is 0.310 e. The van der Waals surface area contributed by atoms with Crippen molar-refractivity contribution in [3.05, 3.63) is 35.4 Å². The van der Waals surface area contributed by atoms with Crippen LogP contribution in [0.1, 0.15) is 36.8 Å². The third kappa shape index (κ3) is 4.04. The maximum absolute atomic E-state index is 3.69. The number of benzene rings is 1. The van der Waals surface area contributed by atoms with Crippen LogP contribution in [-0.2, 0) is 6.54 Å². The van der Waals surface area contributed by atoms with E-state index in [1.54, 1.807) is 0 Å². The van der Waals surface area contributed by atoms with Gasteiger partial charge in [-0.1, -0.05) is 29.8 Å². The highest BCUT2D eigenvalue weighted by molar-refractivity contribution is 7.99. The Bertz CT molecular complexity index is 325. The number of aryl methyl sites for hydroxylation is 1. The van der Waals surface area contributed by atoms with Crippen LogP contribution in [0, 0.1) is 6.92 Å². The number of hydrogen-bond acceptors (Lipinski definition) is 2. The Labute approximate surface area is 109 Å². The molecule has 1 aliphatic rings. The molecule has 0 spiro atoms. The molecule has 0 unspecified atom stereocenters. The number of nitrogens with one attached hydrogen (secondary N) is 1. The van der Waals surface area contributed by atoms with Crippen molar-refractivity contribution in [1.29, 1.82) is 0 Å². The van der Waals surface area contributed by atoms with Gasteiger partial charge in [0.25, 0.3) is 0 Å². The first kappa shape index (κ1) is 13.0. The second kappa shape index (κ2) is 6.46. The minimum atomic E-state index is 0.736. The molecule has 0 aromatic heterocycles. The van der Waals surface area contributed by atoms with Crippen LogP contribution in [0.15, 0.2) is 24.3 Å². The van der Waals surface area contributed by atoms with Crippen LogP contribution in [0.2, 0.25) is 0 Å². The van der Waals surface area contributed by atoms with Crippen LogP contribution in [0.25, 0.3) is 0 Å². The molecule has 0 aliphatic heterocycles. The van der Waals surface area contributed by atoms with Crippen LogP contribution in [0.5, 0.6) is 0 Å². The normalized spacial score (nSPS) is 24.8. The summed E-state index contributed by atoms with van der Waals surface area (Å²) in [5, 5.41) is 4.60. The van der Waals surface area contributed by atoms with Gasteiger partial charge in [-0.3, -0.25) is 0 Å². The Morgan fingerprint density at radius 3 is 2.35 bits per heavy atom. The summed E-state index contributed by atoms with van der Waals surface area (Å²) < 4.78 is 0. The second-order valence-corrected chi connectivity index (χ2v) is 6.21. The van der Waals surface area contributed by atoms with E-state index in [1.165, 1.54) is 36.8 Å². The molecule has 0 atom stereocenters. The van der Waals surface area contributed by atoms with E-state index in [1.807, 2.05) is 11.8 Å². The van der Waals surface area contributed by atoms with Gasteiger partial charge in [-0.05, 0) is 44.4 Å². The lowest BCUT2D eigenvalue weighted by molar-refractivity contribution is 0.379. The molecule has 0 radical (unpaired) electrons. The Morgan fingerprint density at radius 1 is 1.12 bits per heavy atom. The van der Waals surface area contributed by atoms with Gasteiger partial charge in [0.2, 0.25) is 0 Å². The van der Waals surface area contributed by atoms with Crippen LogP contribution in [-0.4, -0.2) is 17.5 Å². The molecule has 1 saturated carbocycles. The summed E-state index contributed by atoms with van der Waals surface area (Å²) in [4.78, 5) is 0. The minimum absolute atomic E-state index is 0.736. The molecule has 1 fully saturated rings. The molecule has 1 nitrogen and oxygen atoms in total. The van der Waals surface area contributed by atoms with Crippen molar-refractivity contribution in [3.8, 4) is 0 Å². The number of rotatable bonds is 4. The van der Waals surface area contributed by atoms with E-state index >= 15 is 0 Å². The SMILES string of the molecule is CSC1CCC(NCc2ccc(C)cc2)CC1. The fourth-order valence-electron chi connectivity index (χ4n) is 2.47. The zero-order valence-corrected chi connectivity index (χ0v) is 11.7. The predicted octanol–water partition coefficient (Wildman–Crippen LogP) is 3.76. The van der Waals surface area contributed by atoms with Crippen molar-refractivity contribution < 1.29 is 0 Å². The van der Waals surface area contributed by atoms with Crippen LogP contribution in [0.4, 0.5) is 0 Å². The highest BCUT2D eigenvalue weighted by Crippen LogP contribution is 2.26. The molecular weight excluding hydrogens is 226 g/mol. The highest BCUT2D eigenvalue weighted by Gasteiger charge is 2.19. The smallest absolute Gasteiger partial charge is 0.0208 e. The molecule has 2 heteroatoms. The third-order valence-corrected chi connectivity index (χ3v) is 4.86. The average molecular weight is 249 g/mol. The molecular formula is C15H23NS. The summed E-state index contributed by atoms with van der Waals surface area (Å²) in [6.45, 7) is 3.16. The first-order valence-corrected chi connectivity index (χ1v) is 7.88. The monoisotopic (exact) mass is 249 g/mol. The van der Waals surface area contributed by atoms with Gasteiger partial charge >= 0.3 is 0 Å². The van der Waals surface area contributed by atoms with Gasteiger partial charge in [-0.2, -0.15) is 11.8 Å². The zero-order valence-electron chi connectivity index (χ0n) is 10.9. The molecule has 2 rings (SSSR count). The van der Waals surface area contributed by atoms with Crippen LogP contribution >= 0.6 is 11.8 Å². The van der Waals surface area contributed by atoms with Crippen LogP contribution < -0.4 is 5.32 Å². The van der Waals surface area contributed by atoms with Crippen molar-refractivity contribution >= 4 is 11.8 Å². The Morgan fingerprint density at radius 2 is 1.76 bits per heavy atom. The van der Waals surface area contributed by atoms with Crippen molar-refractivity contribution in [2.45, 2.75) is 50.4 Å². The second-order valence-electron chi connectivity index (χ2n) is 5.08. The van der Waals surface area contributed by atoms with E-state index in [-0.39, 0.29) is 0 Å². The van der Waals surface area contributed by atoms with E-state index in [4.69, 9.17) is 0 Å². The van der Waals surface area contributed by atoms with E-state index in [0.29, 0.717) is 0 Å². The molecule has 0 bridgehead atoms. The topological polar surface area (TPSA) is 12.0 Å². The lowest BCUT2D eigenvalue weighted by Gasteiger charge is -2.28. The summed E-state index contributed by atoms with van der Waals surface area (Å²) in [6.07, 6.45) is 7.69. The molecule has 94 valence electrons. The van der Waals surface area contributed by atoms with E-state index < -0.39 is 0 Å². The zero-order chi connectivity index (χ0) is 12.1. The first-order valence-electron chi connectivity index (χ1n) is 6.59. The summed E-state index contributed by atoms with van der Waals surface area (Å²) in [7, 11) is 0. The van der Waals surface area contributed by atoms with Crippen molar-refractivity contribution in [2.75, 3.05) is 6.26 Å². The van der Waals surface area contributed by atoms with Crippen LogP contribution in [0.3, 0.4) is 0 Å². The fraction of sp³-hybridized carbons (Fsp3) is 0.600. The van der Waals surface area contributed by atoms with Gasteiger partial charge in [-0.15, -0.1) is 0 Å². The van der Waals surface area contributed by atoms with Crippen molar-refractivity contribution in [3.63, 3.8) is 0 Å². The average Bonchev–Trinajstić information content (AvgIpc) is 2.39. The van der Waals surface area contributed by atoms with Gasteiger partial charge in [0, 0.05) is 17.8 Å². The van der Waals surface area contributed by atoms with Gasteiger partial charge < -0.3 is 5.32 Å². The number of hydrogen-bond donors (Lipinski definition) is 1. The predicted molar refractivity (Wildman–Crippen MR) is 77.6 cm³/mol. The van der Waals surface area contributed by atoms with E-state index in [2.05, 4.69) is 42.8 Å². The van der Waals surface area contributed by atoms with E-state index in [9.17, 15) is 0 Å². The molecule has 1 aliphatic carbocycles. The van der Waals surface area contributed by atoms with Crippen molar-refractivity contribution in [2.24, 2.45) is 0 Å². The molecule has 0 heterocycles. The fourth-order valence-corrected chi connectivity index (χ4v) is 3.21. The molecule has 1 aromatic carbocycles. The molecule has 17 heavy (non-hydrogen) atoms. The third-order valence-electron chi connectivity index (χ3n) is 3.72. The van der Waals surface area contributed by atoms with Crippen molar-refractivity contribution in [1.82, 2.24) is 5.32 Å².